The van der Waals surface area contributed by atoms with Gasteiger partial charge in [0.25, 0.3) is 0 Å². The molecular weight excluding hydrogens is 248 g/mol. The summed E-state index contributed by atoms with van der Waals surface area (Å²) in [6, 6.07) is -0.428. The predicted octanol–water partition coefficient (Wildman–Crippen LogP) is 0.886. The fourth-order valence-electron chi connectivity index (χ4n) is 2.43. The number of allylic oxidation sites excluding steroid dienone is 2. The van der Waals surface area contributed by atoms with E-state index in [9.17, 15) is 14.7 Å². The first-order chi connectivity index (χ1) is 9.12. The number of hydrogen-bond acceptors (Lipinski definition) is 3. The standard InChI is InChI=1S/C13H20N2O4/c16-11(17)13(6-7-19-9-13)15-12(18)14-8-10-4-2-1-3-5-10/h1-2,10H,3-9H2,(H,16,17)(H2,14,15,18). The van der Waals surface area contributed by atoms with E-state index in [2.05, 4.69) is 22.8 Å². The molecular formula is C13H20N2O4. The molecule has 0 spiro atoms. The Balaban J connectivity index is 1.79. The van der Waals surface area contributed by atoms with Crippen molar-refractivity contribution >= 4 is 12.0 Å². The maximum Gasteiger partial charge on any atom is 0.332 e. The van der Waals surface area contributed by atoms with Crippen molar-refractivity contribution in [1.82, 2.24) is 10.6 Å². The average Bonchev–Trinajstić information content (AvgIpc) is 2.87. The van der Waals surface area contributed by atoms with Crippen LogP contribution in [0.3, 0.4) is 0 Å². The number of aliphatic carboxylic acids is 1. The molecule has 1 aliphatic heterocycles. The number of carboxylic acid groups (broad SMARTS) is 1. The Bertz CT molecular complexity index is 375. The van der Waals surface area contributed by atoms with E-state index in [0.29, 0.717) is 25.5 Å². The molecule has 0 aromatic rings. The third-order valence-corrected chi connectivity index (χ3v) is 3.71. The number of urea groups is 1. The lowest BCUT2D eigenvalue weighted by molar-refractivity contribution is -0.144. The van der Waals surface area contributed by atoms with Gasteiger partial charge in [-0.15, -0.1) is 0 Å². The minimum absolute atomic E-state index is 0.0297. The van der Waals surface area contributed by atoms with Crippen LogP contribution in [-0.4, -0.2) is 42.4 Å². The molecule has 106 valence electrons. The molecule has 19 heavy (non-hydrogen) atoms. The Labute approximate surface area is 112 Å². The van der Waals surface area contributed by atoms with E-state index in [4.69, 9.17) is 4.74 Å². The van der Waals surface area contributed by atoms with E-state index < -0.39 is 17.5 Å². The Morgan fingerprint density at radius 2 is 2.26 bits per heavy atom. The van der Waals surface area contributed by atoms with E-state index >= 15 is 0 Å². The molecule has 6 nitrogen and oxygen atoms in total. The number of amides is 2. The van der Waals surface area contributed by atoms with Crippen LogP contribution >= 0.6 is 0 Å². The topological polar surface area (TPSA) is 87.7 Å². The van der Waals surface area contributed by atoms with E-state index in [-0.39, 0.29) is 6.61 Å². The minimum Gasteiger partial charge on any atom is -0.479 e. The van der Waals surface area contributed by atoms with Gasteiger partial charge in [-0.2, -0.15) is 0 Å². The molecule has 2 rings (SSSR count). The molecule has 2 atom stereocenters. The highest BCUT2D eigenvalue weighted by Gasteiger charge is 2.44. The van der Waals surface area contributed by atoms with Crippen LogP contribution in [0.2, 0.25) is 0 Å². The number of rotatable bonds is 4. The quantitative estimate of drug-likeness (QED) is 0.661. The molecule has 0 aromatic heterocycles. The molecule has 0 bridgehead atoms. The second kappa shape index (κ2) is 6.06. The summed E-state index contributed by atoms with van der Waals surface area (Å²) in [5.41, 5.74) is -1.27. The molecule has 0 aromatic carbocycles. The second-order valence-corrected chi connectivity index (χ2v) is 5.18. The molecule has 2 unspecified atom stereocenters. The summed E-state index contributed by atoms with van der Waals surface area (Å²) in [5, 5.41) is 14.5. The maximum atomic E-state index is 11.8. The zero-order valence-electron chi connectivity index (χ0n) is 10.9. The van der Waals surface area contributed by atoms with Crippen molar-refractivity contribution in [2.75, 3.05) is 19.8 Å². The van der Waals surface area contributed by atoms with Gasteiger partial charge in [0.15, 0.2) is 5.54 Å². The highest BCUT2D eigenvalue weighted by Crippen LogP contribution is 2.19. The highest BCUT2D eigenvalue weighted by molar-refractivity contribution is 5.86. The Hall–Kier alpha value is -1.56. The van der Waals surface area contributed by atoms with Crippen LogP contribution in [0.15, 0.2) is 12.2 Å². The van der Waals surface area contributed by atoms with Gasteiger partial charge in [0.05, 0.1) is 6.61 Å². The van der Waals surface area contributed by atoms with E-state index in [1.807, 2.05) is 0 Å². The van der Waals surface area contributed by atoms with Gasteiger partial charge in [-0.3, -0.25) is 0 Å². The number of hydrogen-bond donors (Lipinski definition) is 3. The minimum atomic E-state index is -1.27. The van der Waals surface area contributed by atoms with Gasteiger partial charge < -0.3 is 20.5 Å². The second-order valence-electron chi connectivity index (χ2n) is 5.18. The first-order valence-electron chi connectivity index (χ1n) is 6.64. The summed E-state index contributed by atoms with van der Waals surface area (Å²) >= 11 is 0. The third-order valence-electron chi connectivity index (χ3n) is 3.71. The molecule has 3 N–H and O–H groups in total. The smallest absolute Gasteiger partial charge is 0.332 e. The lowest BCUT2D eigenvalue weighted by Crippen LogP contribution is -2.58. The van der Waals surface area contributed by atoms with Gasteiger partial charge in [0.1, 0.15) is 0 Å². The fourth-order valence-corrected chi connectivity index (χ4v) is 2.43. The number of carbonyl (C=O) groups is 2. The first kappa shape index (κ1) is 13.9. The van der Waals surface area contributed by atoms with Crippen LogP contribution in [0.1, 0.15) is 25.7 Å². The van der Waals surface area contributed by atoms with Crippen LogP contribution in [-0.2, 0) is 9.53 Å². The highest BCUT2D eigenvalue weighted by atomic mass is 16.5. The van der Waals surface area contributed by atoms with Crippen LogP contribution in [0.25, 0.3) is 0 Å². The van der Waals surface area contributed by atoms with Gasteiger partial charge in [-0.05, 0) is 25.2 Å². The normalized spacial score (nSPS) is 30.0. The van der Waals surface area contributed by atoms with Gasteiger partial charge in [0.2, 0.25) is 0 Å². The van der Waals surface area contributed by atoms with Crippen molar-refractivity contribution in [2.45, 2.75) is 31.2 Å². The number of ether oxygens (including phenoxy) is 1. The van der Waals surface area contributed by atoms with Crippen LogP contribution in [0, 0.1) is 5.92 Å². The van der Waals surface area contributed by atoms with Crippen LogP contribution < -0.4 is 10.6 Å². The van der Waals surface area contributed by atoms with E-state index in [1.165, 1.54) is 0 Å². The van der Waals surface area contributed by atoms with Gasteiger partial charge >= 0.3 is 12.0 Å². The van der Waals surface area contributed by atoms with Gasteiger partial charge in [-0.25, -0.2) is 9.59 Å². The molecule has 6 heteroatoms. The summed E-state index contributed by atoms with van der Waals surface area (Å²) in [6.45, 7) is 0.967. The SMILES string of the molecule is O=C(NCC1CC=CCC1)NC1(C(=O)O)CCOC1. The van der Waals surface area contributed by atoms with Crippen LogP contribution in [0.4, 0.5) is 4.79 Å². The van der Waals surface area contributed by atoms with Crippen molar-refractivity contribution in [3.63, 3.8) is 0 Å². The molecule has 1 heterocycles. The lowest BCUT2D eigenvalue weighted by Gasteiger charge is -2.25. The van der Waals surface area contributed by atoms with Crippen molar-refractivity contribution < 1.29 is 19.4 Å². The Kier molecular flexibility index (Phi) is 4.42. The Morgan fingerprint density at radius 1 is 1.42 bits per heavy atom. The summed E-state index contributed by atoms with van der Waals surface area (Å²) < 4.78 is 5.08. The molecule has 1 saturated heterocycles. The molecule has 0 saturated carbocycles. The third kappa shape index (κ3) is 3.47. The maximum absolute atomic E-state index is 11.8. The number of carboxylic acids is 1. The van der Waals surface area contributed by atoms with E-state index in [1.54, 1.807) is 0 Å². The summed E-state index contributed by atoms with van der Waals surface area (Å²) in [7, 11) is 0. The fraction of sp³-hybridized carbons (Fsp3) is 0.692. The van der Waals surface area contributed by atoms with Gasteiger partial charge in [-0.1, -0.05) is 12.2 Å². The van der Waals surface area contributed by atoms with Crippen molar-refractivity contribution in [3.05, 3.63) is 12.2 Å². The molecule has 0 radical (unpaired) electrons. The Morgan fingerprint density at radius 3 is 2.84 bits per heavy atom. The molecule has 2 aliphatic rings. The van der Waals surface area contributed by atoms with Gasteiger partial charge in [0, 0.05) is 19.6 Å². The van der Waals surface area contributed by atoms with Crippen molar-refractivity contribution in [3.8, 4) is 0 Å². The first-order valence-corrected chi connectivity index (χ1v) is 6.64. The molecule has 2 amide bonds. The van der Waals surface area contributed by atoms with Crippen molar-refractivity contribution in [1.29, 1.82) is 0 Å². The number of carbonyl (C=O) groups excluding carboxylic acids is 1. The summed E-state index contributed by atoms with van der Waals surface area (Å²) in [6.07, 6.45) is 7.64. The predicted molar refractivity (Wildman–Crippen MR) is 68.8 cm³/mol. The average molecular weight is 268 g/mol. The lowest BCUT2D eigenvalue weighted by atomic mass is 9.94. The summed E-state index contributed by atoms with van der Waals surface area (Å²) in [5.74, 6) is -0.600. The zero-order chi connectivity index (χ0) is 13.7. The molecule has 1 aliphatic carbocycles. The largest absolute Gasteiger partial charge is 0.479 e. The zero-order valence-corrected chi connectivity index (χ0v) is 10.9. The van der Waals surface area contributed by atoms with Crippen molar-refractivity contribution in [2.24, 2.45) is 5.92 Å². The van der Waals surface area contributed by atoms with E-state index in [0.717, 1.165) is 19.3 Å². The number of nitrogens with one attached hydrogen (secondary N) is 2. The summed E-state index contributed by atoms with van der Waals surface area (Å²) in [4.78, 5) is 23.0. The molecule has 1 fully saturated rings. The monoisotopic (exact) mass is 268 g/mol. The van der Waals surface area contributed by atoms with Crippen LogP contribution in [0.5, 0.6) is 0 Å².